The Kier molecular flexibility index (Phi) is 4.16. The second kappa shape index (κ2) is 5.88. The predicted molar refractivity (Wildman–Crippen MR) is 76.9 cm³/mol. The van der Waals surface area contributed by atoms with E-state index in [1.54, 1.807) is 0 Å². The van der Waals surface area contributed by atoms with Crippen molar-refractivity contribution >= 4 is 17.3 Å². The van der Waals surface area contributed by atoms with E-state index in [0.29, 0.717) is 5.56 Å². The lowest BCUT2D eigenvalue weighted by Gasteiger charge is -2.19. The van der Waals surface area contributed by atoms with E-state index in [1.807, 2.05) is 0 Å². The van der Waals surface area contributed by atoms with Gasteiger partial charge in [-0.2, -0.15) is 0 Å². The van der Waals surface area contributed by atoms with E-state index in [1.165, 1.54) is 38.2 Å². The Labute approximate surface area is 124 Å². The smallest absolute Gasteiger partial charge is 0.269 e. The van der Waals surface area contributed by atoms with Crippen LogP contribution in [0.25, 0.3) is 0 Å². The van der Waals surface area contributed by atoms with Gasteiger partial charge in [0.25, 0.3) is 11.6 Å². The van der Waals surface area contributed by atoms with Gasteiger partial charge in [0.05, 0.1) is 4.92 Å². The van der Waals surface area contributed by atoms with Crippen molar-refractivity contribution in [3.8, 4) is 0 Å². The van der Waals surface area contributed by atoms with E-state index in [0.717, 1.165) is 17.0 Å². The van der Waals surface area contributed by atoms with Gasteiger partial charge in [0.2, 0.25) is 0 Å². The number of rotatable bonds is 3. The summed E-state index contributed by atoms with van der Waals surface area (Å²) in [4.78, 5) is 23.3. The number of non-ortho nitro benzene ring substituents is 1. The molecular formula is C15H12F2N2O3. The maximum absolute atomic E-state index is 13.7. The first kappa shape index (κ1) is 15.6. The molecule has 0 unspecified atom stereocenters. The fourth-order valence-corrected chi connectivity index (χ4v) is 2.09. The van der Waals surface area contributed by atoms with Crippen molar-refractivity contribution in [2.45, 2.75) is 6.92 Å². The maximum Gasteiger partial charge on any atom is 0.269 e. The highest BCUT2D eigenvalue weighted by molar-refractivity contribution is 6.06. The highest BCUT2D eigenvalue weighted by atomic mass is 19.1. The Bertz CT molecular complexity index is 742. The summed E-state index contributed by atoms with van der Waals surface area (Å²) in [5.41, 5.74) is -0.141. The molecule has 114 valence electrons. The monoisotopic (exact) mass is 306 g/mol. The largest absolute Gasteiger partial charge is 0.306 e. The summed E-state index contributed by atoms with van der Waals surface area (Å²) in [5.74, 6) is -2.39. The molecule has 0 aliphatic rings. The summed E-state index contributed by atoms with van der Waals surface area (Å²) in [6.07, 6.45) is 0. The fraction of sp³-hybridized carbons (Fsp3) is 0.133. The van der Waals surface area contributed by atoms with Crippen LogP contribution < -0.4 is 4.90 Å². The highest BCUT2D eigenvalue weighted by Gasteiger charge is 2.22. The number of carbonyl (C=O) groups excluding carboxylic acids is 1. The van der Waals surface area contributed by atoms with Crippen molar-refractivity contribution in [3.05, 3.63) is 69.3 Å². The van der Waals surface area contributed by atoms with Crippen LogP contribution in [0.5, 0.6) is 0 Å². The van der Waals surface area contributed by atoms with Gasteiger partial charge in [0.1, 0.15) is 17.3 Å². The normalized spacial score (nSPS) is 10.4. The van der Waals surface area contributed by atoms with Crippen LogP contribution in [0.2, 0.25) is 0 Å². The van der Waals surface area contributed by atoms with E-state index in [-0.39, 0.29) is 11.3 Å². The van der Waals surface area contributed by atoms with Crippen LogP contribution in [-0.2, 0) is 0 Å². The number of carbonyl (C=O) groups is 1. The van der Waals surface area contributed by atoms with Crippen LogP contribution in [0, 0.1) is 28.7 Å². The number of nitro groups is 1. The molecule has 0 fully saturated rings. The van der Waals surface area contributed by atoms with Gasteiger partial charge in [-0.1, -0.05) is 6.07 Å². The van der Waals surface area contributed by atoms with E-state index in [4.69, 9.17) is 0 Å². The minimum absolute atomic E-state index is 0.135. The predicted octanol–water partition coefficient (Wildman–Crippen LogP) is 3.46. The molecule has 0 aromatic heterocycles. The van der Waals surface area contributed by atoms with Crippen molar-refractivity contribution < 1.29 is 18.5 Å². The summed E-state index contributed by atoms with van der Waals surface area (Å²) in [6, 6.07) is 6.97. The molecule has 7 heteroatoms. The van der Waals surface area contributed by atoms with Crippen LogP contribution in [0.1, 0.15) is 15.9 Å². The maximum atomic E-state index is 13.7. The molecule has 0 aliphatic carbocycles. The van der Waals surface area contributed by atoms with Gasteiger partial charge in [0, 0.05) is 24.7 Å². The first-order chi connectivity index (χ1) is 10.3. The van der Waals surface area contributed by atoms with Gasteiger partial charge in [-0.05, 0) is 30.7 Å². The molecule has 2 aromatic rings. The molecule has 0 bridgehead atoms. The molecule has 0 atom stereocenters. The van der Waals surface area contributed by atoms with Gasteiger partial charge in [-0.15, -0.1) is 0 Å². The number of nitrogens with zero attached hydrogens (tertiary/aromatic N) is 2. The number of aryl methyl sites for hydroxylation is 1. The van der Waals surface area contributed by atoms with Gasteiger partial charge in [-0.25, -0.2) is 8.78 Å². The third-order valence-electron chi connectivity index (χ3n) is 3.23. The van der Waals surface area contributed by atoms with Gasteiger partial charge in [0.15, 0.2) is 0 Å². The number of amides is 1. The number of anilines is 1. The molecule has 0 spiro atoms. The molecule has 0 aliphatic heterocycles. The third kappa shape index (κ3) is 2.78. The molecule has 0 saturated carbocycles. The second-order valence-corrected chi connectivity index (χ2v) is 4.69. The number of hydrogen-bond acceptors (Lipinski definition) is 3. The lowest BCUT2D eigenvalue weighted by atomic mass is 10.1. The summed E-state index contributed by atoms with van der Waals surface area (Å²) < 4.78 is 27.4. The molecule has 22 heavy (non-hydrogen) atoms. The summed E-state index contributed by atoms with van der Waals surface area (Å²) in [5, 5.41) is 10.7. The average Bonchev–Trinajstić information content (AvgIpc) is 2.46. The fourth-order valence-electron chi connectivity index (χ4n) is 2.09. The van der Waals surface area contributed by atoms with E-state index in [2.05, 4.69) is 0 Å². The first-order valence-electron chi connectivity index (χ1n) is 6.30. The van der Waals surface area contributed by atoms with Crippen LogP contribution >= 0.6 is 0 Å². The standard InChI is InChI=1S/C15H12F2N2O3/c1-9-8-10(19(21)22)6-7-11(9)15(20)18(2)14-12(16)4-3-5-13(14)17/h3-8H,1-2H3. The molecule has 0 heterocycles. The number of nitro benzene ring substituents is 1. The average molecular weight is 306 g/mol. The number of halogens is 2. The summed E-state index contributed by atoms with van der Waals surface area (Å²) in [6.45, 7) is 1.52. The molecular weight excluding hydrogens is 294 g/mol. The SMILES string of the molecule is Cc1cc([N+](=O)[O-])ccc1C(=O)N(C)c1c(F)cccc1F. The molecule has 0 saturated heterocycles. The zero-order valence-electron chi connectivity index (χ0n) is 11.8. The zero-order valence-corrected chi connectivity index (χ0v) is 11.8. The number of hydrogen-bond donors (Lipinski definition) is 0. The molecule has 5 nitrogen and oxygen atoms in total. The van der Waals surface area contributed by atoms with Crippen LogP contribution in [0.3, 0.4) is 0 Å². The third-order valence-corrected chi connectivity index (χ3v) is 3.23. The lowest BCUT2D eigenvalue weighted by molar-refractivity contribution is -0.384. The minimum atomic E-state index is -0.865. The van der Waals surface area contributed by atoms with Gasteiger partial charge in [-0.3, -0.25) is 14.9 Å². The van der Waals surface area contributed by atoms with E-state index < -0.39 is 28.2 Å². The highest BCUT2D eigenvalue weighted by Crippen LogP contribution is 2.25. The van der Waals surface area contributed by atoms with Crippen LogP contribution in [-0.4, -0.2) is 17.9 Å². The topological polar surface area (TPSA) is 63.5 Å². The van der Waals surface area contributed by atoms with Crippen molar-refractivity contribution in [2.75, 3.05) is 11.9 Å². The van der Waals surface area contributed by atoms with Crippen LogP contribution in [0.15, 0.2) is 36.4 Å². The summed E-state index contributed by atoms with van der Waals surface area (Å²) >= 11 is 0. The molecule has 2 aromatic carbocycles. The Morgan fingerprint density at radius 1 is 1.18 bits per heavy atom. The van der Waals surface area contributed by atoms with Crippen molar-refractivity contribution in [3.63, 3.8) is 0 Å². The molecule has 1 amide bonds. The lowest BCUT2D eigenvalue weighted by Crippen LogP contribution is -2.28. The Morgan fingerprint density at radius 2 is 1.77 bits per heavy atom. The van der Waals surface area contributed by atoms with Crippen molar-refractivity contribution in [1.29, 1.82) is 0 Å². The Balaban J connectivity index is 2.42. The van der Waals surface area contributed by atoms with Crippen molar-refractivity contribution in [2.24, 2.45) is 0 Å². The number of benzene rings is 2. The van der Waals surface area contributed by atoms with E-state index >= 15 is 0 Å². The molecule has 0 radical (unpaired) electrons. The van der Waals surface area contributed by atoms with Gasteiger partial charge < -0.3 is 4.90 Å². The van der Waals surface area contributed by atoms with Gasteiger partial charge >= 0.3 is 0 Å². The first-order valence-corrected chi connectivity index (χ1v) is 6.30. The minimum Gasteiger partial charge on any atom is -0.306 e. The Hall–Kier alpha value is -2.83. The van der Waals surface area contributed by atoms with Crippen molar-refractivity contribution in [1.82, 2.24) is 0 Å². The second-order valence-electron chi connectivity index (χ2n) is 4.69. The summed E-state index contributed by atoms with van der Waals surface area (Å²) in [7, 11) is 1.24. The van der Waals surface area contributed by atoms with Crippen LogP contribution in [0.4, 0.5) is 20.2 Å². The molecule has 0 N–H and O–H groups in total. The number of para-hydroxylation sites is 1. The zero-order chi connectivity index (χ0) is 16.4. The Morgan fingerprint density at radius 3 is 2.27 bits per heavy atom. The quantitative estimate of drug-likeness (QED) is 0.644. The molecule has 2 rings (SSSR count). The van der Waals surface area contributed by atoms with E-state index in [9.17, 15) is 23.7 Å².